The van der Waals surface area contributed by atoms with Crippen molar-refractivity contribution in [2.45, 2.75) is 57.0 Å². The molecule has 0 aromatic heterocycles. The van der Waals surface area contributed by atoms with Crippen LogP contribution < -0.4 is 9.47 Å². The Morgan fingerprint density at radius 3 is 2.46 bits per heavy atom. The van der Waals surface area contributed by atoms with Gasteiger partial charge >= 0.3 is 12.3 Å². The van der Waals surface area contributed by atoms with E-state index in [1.807, 2.05) is 0 Å². The lowest BCUT2D eigenvalue weighted by atomic mass is 9.99. The van der Waals surface area contributed by atoms with Crippen molar-refractivity contribution < 1.29 is 41.7 Å². The fraction of sp³-hybridized carbons (Fsp3) is 0.417. The number of alkyl halides is 3. The number of carboxylic acid groups (broad SMARTS) is 1. The largest absolute Gasteiger partial charge is 0.573 e. The van der Waals surface area contributed by atoms with Gasteiger partial charge < -0.3 is 19.5 Å². The molecule has 2 aliphatic rings. The van der Waals surface area contributed by atoms with Gasteiger partial charge in [-0.25, -0.2) is 4.39 Å². The topological polar surface area (TPSA) is 76.1 Å². The summed E-state index contributed by atoms with van der Waals surface area (Å²) in [7, 11) is 0. The maximum atomic E-state index is 15.1. The van der Waals surface area contributed by atoms with Gasteiger partial charge in [0.1, 0.15) is 23.9 Å². The molecule has 0 radical (unpaired) electrons. The highest BCUT2D eigenvalue weighted by Crippen LogP contribution is 2.43. The second-order valence-corrected chi connectivity index (χ2v) is 9.09. The number of rotatable bonds is 8. The van der Waals surface area contributed by atoms with E-state index in [0.717, 1.165) is 30.5 Å². The number of hydrogen-bond donors (Lipinski definition) is 1. The quantitative estimate of drug-likeness (QED) is 0.442. The molecule has 4 rings (SSSR count). The maximum absolute atomic E-state index is 15.1. The molecule has 1 heterocycles. The van der Waals surface area contributed by atoms with E-state index in [-0.39, 0.29) is 35.3 Å². The number of carbonyl (C=O) groups is 2. The highest BCUT2D eigenvalue weighted by Gasteiger charge is 2.34. The Morgan fingerprint density at radius 2 is 1.80 bits per heavy atom. The van der Waals surface area contributed by atoms with Crippen LogP contribution in [0.4, 0.5) is 17.6 Å². The van der Waals surface area contributed by atoms with Crippen LogP contribution in [0.3, 0.4) is 0 Å². The molecule has 2 aromatic carbocycles. The molecule has 1 N–H and O–H groups in total. The van der Waals surface area contributed by atoms with Crippen molar-refractivity contribution in [3.8, 4) is 11.5 Å². The number of nitrogens with zero attached hydrogens (tertiary/aromatic N) is 1. The van der Waals surface area contributed by atoms with Crippen LogP contribution in [-0.4, -0.2) is 40.8 Å². The van der Waals surface area contributed by atoms with Gasteiger partial charge in [0.05, 0.1) is 12.0 Å². The van der Waals surface area contributed by atoms with E-state index in [9.17, 15) is 22.8 Å². The first-order valence-corrected chi connectivity index (χ1v) is 11.4. The molecule has 6 nitrogen and oxygen atoms in total. The van der Waals surface area contributed by atoms with Crippen molar-refractivity contribution in [1.82, 2.24) is 4.90 Å². The highest BCUT2D eigenvalue weighted by atomic mass is 35.5. The summed E-state index contributed by atoms with van der Waals surface area (Å²) in [6.45, 7) is 0.200. The van der Waals surface area contributed by atoms with E-state index in [2.05, 4.69) is 4.74 Å². The Bertz CT molecular complexity index is 1140. The Balaban J connectivity index is 1.55. The second-order valence-electron chi connectivity index (χ2n) is 8.66. The molecule has 1 saturated carbocycles. The van der Waals surface area contributed by atoms with Gasteiger partial charge in [-0.15, -0.1) is 13.2 Å². The minimum atomic E-state index is -4.90. The lowest BCUT2D eigenvalue weighted by Gasteiger charge is -2.24. The summed E-state index contributed by atoms with van der Waals surface area (Å²) < 4.78 is 62.2. The summed E-state index contributed by atoms with van der Waals surface area (Å²) in [6, 6.07) is 5.53. The number of likely N-dealkylation sites (tertiary alicyclic amines) is 1. The van der Waals surface area contributed by atoms with Gasteiger partial charge in [-0.2, -0.15) is 0 Å². The number of aliphatic carboxylic acids is 1. The van der Waals surface area contributed by atoms with Gasteiger partial charge in [-0.3, -0.25) is 9.59 Å². The van der Waals surface area contributed by atoms with Gasteiger partial charge in [0.25, 0.3) is 5.91 Å². The third kappa shape index (κ3) is 6.36. The lowest BCUT2D eigenvalue weighted by molar-refractivity contribution is -0.274. The summed E-state index contributed by atoms with van der Waals surface area (Å²) >= 11 is 5.87. The monoisotopic (exact) mass is 515 g/mol. The third-order valence-electron chi connectivity index (χ3n) is 6.00. The summed E-state index contributed by atoms with van der Waals surface area (Å²) in [5.74, 6) is -2.77. The van der Waals surface area contributed by atoms with Gasteiger partial charge in [-0.05, 0) is 67.0 Å². The lowest BCUT2D eigenvalue weighted by Crippen LogP contribution is -2.37. The summed E-state index contributed by atoms with van der Waals surface area (Å²) in [6.07, 6.45) is -2.22. The Hall–Kier alpha value is -3.01. The van der Waals surface area contributed by atoms with Crippen LogP contribution in [0.15, 0.2) is 30.3 Å². The van der Waals surface area contributed by atoms with Gasteiger partial charge in [-0.1, -0.05) is 11.6 Å². The van der Waals surface area contributed by atoms with Gasteiger partial charge in [0.2, 0.25) is 0 Å². The molecule has 2 aromatic rings. The predicted molar refractivity (Wildman–Crippen MR) is 117 cm³/mol. The molecule has 11 heteroatoms. The fourth-order valence-corrected chi connectivity index (χ4v) is 4.56. The average molecular weight is 516 g/mol. The smallest absolute Gasteiger partial charge is 0.489 e. The minimum absolute atomic E-state index is 0.00707. The first-order chi connectivity index (χ1) is 16.5. The molecule has 0 spiro atoms. The van der Waals surface area contributed by atoms with Crippen molar-refractivity contribution in [3.05, 3.63) is 57.9 Å². The molecule has 35 heavy (non-hydrogen) atoms. The van der Waals surface area contributed by atoms with Crippen LogP contribution in [0, 0.1) is 5.82 Å². The second kappa shape index (κ2) is 9.93. The number of ether oxygens (including phenoxy) is 2. The van der Waals surface area contributed by atoms with Crippen LogP contribution in [0.2, 0.25) is 5.02 Å². The SMILES string of the molecule is O=C(O)C[C@@H]1CCCN1C(=O)c1cc(C2CC2)c(COc2cc(Cl)cc(OC(F)(F)F)c2)cc1F. The van der Waals surface area contributed by atoms with Crippen molar-refractivity contribution >= 4 is 23.5 Å². The van der Waals surface area contributed by atoms with E-state index < -0.39 is 35.8 Å². The van der Waals surface area contributed by atoms with Crippen LogP contribution in [0.1, 0.15) is 59.5 Å². The Morgan fingerprint density at radius 1 is 1.09 bits per heavy atom. The molecule has 1 aliphatic carbocycles. The zero-order valence-electron chi connectivity index (χ0n) is 18.4. The number of hydrogen-bond acceptors (Lipinski definition) is 4. The summed E-state index contributed by atoms with van der Waals surface area (Å²) in [4.78, 5) is 25.6. The van der Waals surface area contributed by atoms with E-state index >= 15 is 4.39 Å². The minimum Gasteiger partial charge on any atom is -0.489 e. The molecular weight excluding hydrogens is 494 g/mol. The zero-order valence-corrected chi connectivity index (χ0v) is 19.2. The molecule has 1 atom stereocenters. The zero-order chi connectivity index (χ0) is 25.3. The van der Waals surface area contributed by atoms with Crippen molar-refractivity contribution in [3.63, 3.8) is 0 Å². The van der Waals surface area contributed by atoms with E-state index in [0.29, 0.717) is 24.9 Å². The van der Waals surface area contributed by atoms with Gasteiger partial charge in [0.15, 0.2) is 0 Å². The van der Waals surface area contributed by atoms with Gasteiger partial charge in [0, 0.05) is 23.7 Å². The number of carbonyl (C=O) groups excluding carboxylic acids is 1. The molecule has 188 valence electrons. The standard InChI is InChI=1S/C24H22ClF4NO5/c25-15-7-17(10-18(8-15)35-24(27,28)29)34-12-14-6-21(26)20(11-19(14)13-3-4-13)23(33)30-5-1-2-16(30)9-22(31)32/h6-8,10-11,13,16H,1-5,9,12H2,(H,31,32)/t16-/m0/s1. The summed E-state index contributed by atoms with van der Waals surface area (Å²) in [5.41, 5.74) is 1.05. The number of amides is 1. The molecule has 1 saturated heterocycles. The first kappa shape index (κ1) is 25.1. The normalized spacial score (nSPS) is 18.0. The fourth-order valence-electron chi connectivity index (χ4n) is 4.34. The first-order valence-electron chi connectivity index (χ1n) is 11.0. The third-order valence-corrected chi connectivity index (χ3v) is 6.22. The van der Waals surface area contributed by atoms with E-state index in [1.54, 1.807) is 0 Å². The van der Waals surface area contributed by atoms with Crippen molar-refractivity contribution in [2.24, 2.45) is 0 Å². The van der Waals surface area contributed by atoms with Crippen LogP contribution in [-0.2, 0) is 11.4 Å². The molecule has 2 fully saturated rings. The van der Waals surface area contributed by atoms with Crippen LogP contribution >= 0.6 is 11.6 Å². The molecule has 0 bridgehead atoms. The number of benzene rings is 2. The maximum Gasteiger partial charge on any atom is 0.573 e. The Labute approximate surface area is 203 Å². The number of carboxylic acids is 1. The predicted octanol–water partition coefficient (Wildman–Crippen LogP) is 5.91. The van der Waals surface area contributed by atoms with E-state index in [4.69, 9.17) is 21.4 Å². The average Bonchev–Trinajstić information content (AvgIpc) is 3.48. The van der Waals surface area contributed by atoms with Crippen molar-refractivity contribution in [2.75, 3.05) is 6.54 Å². The number of halogens is 5. The molecule has 1 amide bonds. The van der Waals surface area contributed by atoms with Crippen LogP contribution in [0.5, 0.6) is 11.5 Å². The molecule has 0 unspecified atom stereocenters. The summed E-state index contributed by atoms with van der Waals surface area (Å²) in [5, 5.41) is 9.08. The highest BCUT2D eigenvalue weighted by molar-refractivity contribution is 6.30. The molecular formula is C24H22ClF4NO5. The van der Waals surface area contributed by atoms with Crippen molar-refractivity contribution in [1.29, 1.82) is 0 Å². The molecule has 1 aliphatic heterocycles. The van der Waals surface area contributed by atoms with E-state index in [1.165, 1.54) is 23.1 Å². The Kier molecular flexibility index (Phi) is 7.12. The van der Waals surface area contributed by atoms with Crippen LogP contribution in [0.25, 0.3) is 0 Å².